The summed E-state index contributed by atoms with van der Waals surface area (Å²) in [6, 6.07) is 7.92. The molecule has 3 rings (SSSR count). The second kappa shape index (κ2) is 13.4. The van der Waals surface area contributed by atoms with Gasteiger partial charge in [-0.15, -0.1) is 0 Å². The van der Waals surface area contributed by atoms with E-state index in [0.29, 0.717) is 12.2 Å². The summed E-state index contributed by atoms with van der Waals surface area (Å²) >= 11 is 0. The van der Waals surface area contributed by atoms with E-state index in [1.54, 1.807) is 18.2 Å². The van der Waals surface area contributed by atoms with E-state index >= 15 is 0 Å². The molecule has 0 spiro atoms. The Morgan fingerprint density at radius 1 is 1.07 bits per heavy atom. The zero-order chi connectivity index (χ0) is 30.5. The predicted molar refractivity (Wildman–Crippen MR) is 156 cm³/mol. The van der Waals surface area contributed by atoms with Crippen molar-refractivity contribution < 1.29 is 37.0 Å². The molecule has 2 aromatic rings. The van der Waals surface area contributed by atoms with Crippen molar-refractivity contribution in [3.8, 4) is 11.5 Å². The van der Waals surface area contributed by atoms with Gasteiger partial charge in [0, 0.05) is 11.5 Å². The number of hydrogen-bond donors (Lipinski definition) is 1. The van der Waals surface area contributed by atoms with Gasteiger partial charge in [0.25, 0.3) is 10.0 Å². The highest BCUT2D eigenvalue weighted by atomic mass is 32.2. The second-order valence-corrected chi connectivity index (χ2v) is 12.5. The number of sulfonamides is 1. The molecule has 1 N–H and O–H groups in total. The molecule has 0 fully saturated rings. The molecule has 0 radical (unpaired) electrons. The van der Waals surface area contributed by atoms with Gasteiger partial charge >= 0.3 is 12.1 Å². The molecule has 1 aliphatic rings. The van der Waals surface area contributed by atoms with E-state index in [0.717, 1.165) is 29.5 Å². The van der Waals surface area contributed by atoms with E-state index < -0.39 is 28.2 Å². The Bertz CT molecular complexity index is 1390. The molecule has 0 heterocycles. The Kier molecular flexibility index (Phi) is 10.5. The summed E-state index contributed by atoms with van der Waals surface area (Å²) in [5, 5.41) is 0. The van der Waals surface area contributed by atoms with Crippen LogP contribution in [0, 0.1) is 12.8 Å². The number of fused-ring (bicyclic) bond motifs is 1. The third kappa shape index (κ3) is 7.22. The third-order valence-electron chi connectivity index (χ3n) is 7.55. The van der Waals surface area contributed by atoms with Crippen LogP contribution in [0.3, 0.4) is 0 Å². The van der Waals surface area contributed by atoms with Crippen LogP contribution in [0.2, 0.25) is 0 Å². The monoisotopic (exact) mass is 587 g/mol. The second-order valence-electron chi connectivity index (χ2n) is 10.8. The highest BCUT2D eigenvalue weighted by molar-refractivity contribution is 7.90. The molecule has 4 atom stereocenters. The number of ether oxygens (including phenoxy) is 4. The minimum atomic E-state index is -4.13. The van der Waals surface area contributed by atoms with E-state index in [2.05, 4.69) is 17.7 Å². The van der Waals surface area contributed by atoms with Crippen molar-refractivity contribution in [1.29, 1.82) is 0 Å². The van der Waals surface area contributed by atoms with Gasteiger partial charge in [0.2, 0.25) is 0 Å². The van der Waals surface area contributed by atoms with Gasteiger partial charge in [-0.25, -0.2) is 22.7 Å². The summed E-state index contributed by atoms with van der Waals surface area (Å²) in [7, 11) is 0.144. The fourth-order valence-electron chi connectivity index (χ4n) is 5.60. The normalized spacial score (nSPS) is 18.9. The smallest absolute Gasteiger partial charge is 0.421 e. The van der Waals surface area contributed by atoms with Crippen molar-refractivity contribution >= 4 is 22.1 Å². The Morgan fingerprint density at radius 2 is 1.71 bits per heavy atom. The van der Waals surface area contributed by atoms with Gasteiger partial charge in [-0.2, -0.15) is 0 Å². The highest BCUT2D eigenvalue weighted by Crippen LogP contribution is 2.52. The standard InChI is InChI=1S/C31H41NO8S/c1-18(2)10-9-11-20(4)26-23-17-24(30(33)39-8)28(37-6)29(38-7)27(23)21(5)16-25(26)40-31(34)32-41(35,36)22-14-12-19(3)13-15-22/h10,12-15,17,20-21,25-26H,9,11,16H2,1-8H3,(H,32,34)/t20-,21+,25+,26-/m0/s1. The summed E-state index contributed by atoms with van der Waals surface area (Å²) < 4.78 is 50.1. The molecule has 0 saturated carbocycles. The van der Waals surface area contributed by atoms with Gasteiger partial charge in [-0.1, -0.05) is 43.2 Å². The molecule has 0 aromatic heterocycles. The van der Waals surface area contributed by atoms with Crippen LogP contribution in [-0.4, -0.2) is 47.9 Å². The molecule has 2 aromatic carbocycles. The molecule has 10 heteroatoms. The average Bonchev–Trinajstić information content (AvgIpc) is 2.91. The minimum absolute atomic E-state index is 0.00745. The van der Waals surface area contributed by atoms with Gasteiger partial charge in [0.15, 0.2) is 11.5 Å². The fourth-order valence-corrected chi connectivity index (χ4v) is 6.47. The van der Waals surface area contributed by atoms with Gasteiger partial charge in [-0.3, -0.25) is 0 Å². The summed E-state index contributed by atoms with van der Waals surface area (Å²) in [6.45, 7) is 9.95. The number of esters is 1. The number of aryl methyl sites for hydroxylation is 1. The van der Waals surface area contributed by atoms with Crippen LogP contribution in [0.4, 0.5) is 4.79 Å². The number of benzene rings is 2. The van der Waals surface area contributed by atoms with Crippen molar-refractivity contribution in [3.63, 3.8) is 0 Å². The lowest BCUT2D eigenvalue weighted by Gasteiger charge is -2.40. The molecule has 41 heavy (non-hydrogen) atoms. The number of amides is 1. The van der Waals surface area contributed by atoms with Crippen LogP contribution >= 0.6 is 0 Å². The Balaban J connectivity index is 2.06. The molecular formula is C31H41NO8S. The number of carbonyl (C=O) groups is 2. The van der Waals surface area contributed by atoms with Crippen LogP contribution in [0.25, 0.3) is 0 Å². The van der Waals surface area contributed by atoms with Crippen LogP contribution in [0.5, 0.6) is 11.5 Å². The van der Waals surface area contributed by atoms with Gasteiger partial charge in [0.1, 0.15) is 11.7 Å². The maximum absolute atomic E-state index is 13.1. The van der Waals surface area contributed by atoms with Crippen LogP contribution < -0.4 is 14.2 Å². The fraction of sp³-hybridized carbons (Fsp3) is 0.484. The van der Waals surface area contributed by atoms with Crippen LogP contribution in [-0.2, 0) is 19.5 Å². The first-order valence-electron chi connectivity index (χ1n) is 13.6. The van der Waals surface area contributed by atoms with E-state index in [-0.39, 0.29) is 34.0 Å². The first kappa shape index (κ1) is 32.0. The molecule has 0 aliphatic heterocycles. The molecule has 1 aliphatic carbocycles. The number of allylic oxidation sites excluding steroid dienone is 2. The van der Waals surface area contributed by atoms with Crippen molar-refractivity contribution in [1.82, 2.24) is 4.72 Å². The Hall–Kier alpha value is -3.53. The molecular weight excluding hydrogens is 546 g/mol. The van der Waals surface area contributed by atoms with Crippen molar-refractivity contribution in [3.05, 3.63) is 64.2 Å². The molecule has 1 amide bonds. The first-order chi connectivity index (χ1) is 19.3. The number of nitrogens with one attached hydrogen (secondary N) is 1. The number of methoxy groups -OCH3 is 3. The molecule has 0 saturated heterocycles. The van der Waals surface area contributed by atoms with Gasteiger partial charge in [-0.05, 0) is 75.6 Å². The number of carbonyl (C=O) groups excluding carboxylic acids is 2. The lowest BCUT2D eigenvalue weighted by Crippen LogP contribution is -2.40. The highest BCUT2D eigenvalue weighted by Gasteiger charge is 2.42. The largest absolute Gasteiger partial charge is 0.493 e. The maximum Gasteiger partial charge on any atom is 0.421 e. The van der Waals surface area contributed by atoms with E-state index in [1.807, 2.05) is 27.7 Å². The van der Waals surface area contributed by atoms with Crippen molar-refractivity contribution in [2.24, 2.45) is 5.92 Å². The Morgan fingerprint density at radius 3 is 2.27 bits per heavy atom. The van der Waals surface area contributed by atoms with Crippen LogP contribution in [0.15, 0.2) is 46.9 Å². The lowest BCUT2D eigenvalue weighted by atomic mass is 9.69. The molecule has 0 unspecified atom stereocenters. The van der Waals surface area contributed by atoms with E-state index in [1.165, 1.54) is 39.0 Å². The zero-order valence-corrected chi connectivity index (χ0v) is 25.9. The van der Waals surface area contributed by atoms with Gasteiger partial charge in [0.05, 0.1) is 26.2 Å². The maximum atomic E-state index is 13.1. The SMILES string of the molecule is COC(=O)c1cc2c(c(OC)c1OC)[C@H](C)C[C@@H](OC(=O)NS(=O)(=O)c1ccc(C)cc1)[C@H]2[C@@H](C)CCC=C(C)C. The molecule has 0 bridgehead atoms. The first-order valence-corrected chi connectivity index (χ1v) is 15.1. The van der Waals surface area contributed by atoms with Crippen LogP contribution in [0.1, 0.15) is 85.8 Å². The Labute approximate surface area is 243 Å². The molecule has 224 valence electrons. The summed E-state index contributed by atoms with van der Waals surface area (Å²) in [5.74, 6) is -0.397. The summed E-state index contributed by atoms with van der Waals surface area (Å²) in [6.07, 6.45) is 2.42. The number of rotatable bonds is 10. The quantitative estimate of drug-likeness (QED) is 0.256. The van der Waals surface area contributed by atoms with Gasteiger partial charge < -0.3 is 18.9 Å². The average molecular weight is 588 g/mol. The van der Waals surface area contributed by atoms with Crippen molar-refractivity contribution in [2.45, 2.75) is 76.7 Å². The zero-order valence-electron chi connectivity index (χ0n) is 25.1. The topological polar surface area (TPSA) is 117 Å². The molecule has 9 nitrogen and oxygen atoms in total. The third-order valence-corrected chi connectivity index (χ3v) is 8.88. The summed E-state index contributed by atoms with van der Waals surface area (Å²) in [4.78, 5) is 25.8. The lowest BCUT2D eigenvalue weighted by molar-refractivity contribution is 0.0546. The van der Waals surface area contributed by atoms with E-state index in [9.17, 15) is 18.0 Å². The summed E-state index contributed by atoms with van der Waals surface area (Å²) in [5.41, 5.74) is 3.94. The predicted octanol–water partition coefficient (Wildman–Crippen LogP) is 6.26. The van der Waals surface area contributed by atoms with E-state index in [4.69, 9.17) is 18.9 Å². The minimum Gasteiger partial charge on any atom is -0.493 e. The number of hydrogen-bond acceptors (Lipinski definition) is 8. The van der Waals surface area contributed by atoms with Crippen molar-refractivity contribution in [2.75, 3.05) is 21.3 Å².